The largest absolute Gasteiger partial charge is 0.381 e. The Hall–Kier alpha value is -1.66. The molecule has 0 amide bonds. The predicted molar refractivity (Wildman–Crippen MR) is 95.8 cm³/mol. The van der Waals surface area contributed by atoms with E-state index in [-0.39, 0.29) is 11.9 Å². The lowest BCUT2D eigenvalue weighted by Crippen LogP contribution is -2.40. The van der Waals surface area contributed by atoms with Crippen molar-refractivity contribution in [2.24, 2.45) is 10.9 Å². The summed E-state index contributed by atoms with van der Waals surface area (Å²) in [5, 5.41) is 6.46. The molecule has 0 spiro atoms. The summed E-state index contributed by atoms with van der Waals surface area (Å²) in [5.41, 5.74) is 0.920. The van der Waals surface area contributed by atoms with Gasteiger partial charge in [0, 0.05) is 40.5 Å². The Balaban J connectivity index is 2.30. The SMILES string of the molecule is CN=C(NCCCOCC(C)C)NCC(OC)c1ccc(F)cc1. The molecule has 0 aromatic heterocycles. The van der Waals surface area contributed by atoms with Crippen LogP contribution in [0.5, 0.6) is 0 Å². The summed E-state index contributed by atoms with van der Waals surface area (Å²) in [6.45, 7) is 7.13. The van der Waals surface area contributed by atoms with Crippen molar-refractivity contribution in [3.8, 4) is 0 Å². The Morgan fingerprint density at radius 2 is 1.92 bits per heavy atom. The smallest absolute Gasteiger partial charge is 0.191 e. The second kappa shape index (κ2) is 11.8. The molecule has 6 heteroatoms. The van der Waals surface area contributed by atoms with Crippen LogP contribution in [0.2, 0.25) is 0 Å². The summed E-state index contributed by atoms with van der Waals surface area (Å²) in [5.74, 6) is 1.02. The van der Waals surface area contributed by atoms with Gasteiger partial charge in [-0.25, -0.2) is 4.39 Å². The van der Waals surface area contributed by atoms with Crippen molar-refractivity contribution in [1.82, 2.24) is 10.6 Å². The lowest BCUT2D eigenvalue weighted by molar-refractivity contribution is 0.106. The van der Waals surface area contributed by atoms with Crippen LogP contribution in [0.15, 0.2) is 29.3 Å². The highest BCUT2D eigenvalue weighted by Gasteiger charge is 2.11. The maximum atomic E-state index is 13.0. The highest BCUT2D eigenvalue weighted by Crippen LogP contribution is 2.15. The molecule has 0 bridgehead atoms. The number of nitrogens with zero attached hydrogens (tertiary/aromatic N) is 1. The van der Waals surface area contributed by atoms with Gasteiger partial charge in [0.15, 0.2) is 5.96 Å². The van der Waals surface area contributed by atoms with Crippen LogP contribution >= 0.6 is 0 Å². The number of aliphatic imine (C=N–C) groups is 1. The van der Waals surface area contributed by atoms with Crippen LogP contribution in [0.25, 0.3) is 0 Å². The van der Waals surface area contributed by atoms with Gasteiger partial charge in [0.25, 0.3) is 0 Å². The van der Waals surface area contributed by atoms with E-state index in [4.69, 9.17) is 9.47 Å². The predicted octanol–water partition coefficient (Wildman–Crippen LogP) is 2.74. The van der Waals surface area contributed by atoms with Crippen LogP contribution in [-0.4, -0.2) is 46.4 Å². The number of ether oxygens (including phenoxy) is 2. The van der Waals surface area contributed by atoms with E-state index in [0.29, 0.717) is 18.4 Å². The molecular formula is C18H30FN3O2. The van der Waals surface area contributed by atoms with E-state index >= 15 is 0 Å². The van der Waals surface area contributed by atoms with Crippen molar-refractivity contribution in [2.75, 3.05) is 40.5 Å². The van der Waals surface area contributed by atoms with E-state index in [0.717, 1.165) is 31.7 Å². The third kappa shape index (κ3) is 8.26. The molecule has 0 saturated carbocycles. The molecule has 0 saturated heterocycles. The van der Waals surface area contributed by atoms with Crippen molar-refractivity contribution in [2.45, 2.75) is 26.4 Å². The Morgan fingerprint density at radius 3 is 2.50 bits per heavy atom. The topological polar surface area (TPSA) is 54.9 Å². The van der Waals surface area contributed by atoms with E-state index in [1.165, 1.54) is 12.1 Å². The third-order valence-corrected chi connectivity index (χ3v) is 3.41. The number of halogens is 1. The van der Waals surface area contributed by atoms with Crippen LogP contribution in [-0.2, 0) is 9.47 Å². The fourth-order valence-corrected chi connectivity index (χ4v) is 2.12. The fraction of sp³-hybridized carbons (Fsp3) is 0.611. The van der Waals surface area contributed by atoms with Crippen molar-refractivity contribution >= 4 is 5.96 Å². The number of methoxy groups -OCH3 is 1. The van der Waals surface area contributed by atoms with E-state index in [1.807, 2.05) is 0 Å². The van der Waals surface area contributed by atoms with Gasteiger partial charge in [-0.2, -0.15) is 0 Å². The molecule has 1 unspecified atom stereocenters. The van der Waals surface area contributed by atoms with Crippen molar-refractivity contribution in [1.29, 1.82) is 0 Å². The second-order valence-corrected chi connectivity index (χ2v) is 5.98. The average Bonchev–Trinajstić information content (AvgIpc) is 2.57. The van der Waals surface area contributed by atoms with Crippen LogP contribution in [0.3, 0.4) is 0 Å². The molecule has 0 aliphatic carbocycles. The minimum absolute atomic E-state index is 0.168. The van der Waals surface area contributed by atoms with Gasteiger partial charge in [0.2, 0.25) is 0 Å². The van der Waals surface area contributed by atoms with E-state index in [1.54, 1.807) is 26.3 Å². The molecule has 24 heavy (non-hydrogen) atoms. The van der Waals surface area contributed by atoms with Gasteiger partial charge >= 0.3 is 0 Å². The van der Waals surface area contributed by atoms with Gasteiger partial charge in [-0.1, -0.05) is 26.0 Å². The standard InChI is InChI=1S/C18H30FN3O2/c1-14(2)13-24-11-5-10-21-18(20-3)22-12-17(23-4)15-6-8-16(19)9-7-15/h6-9,14,17H,5,10-13H2,1-4H3,(H2,20,21,22). The number of nitrogens with one attached hydrogen (secondary N) is 2. The lowest BCUT2D eigenvalue weighted by atomic mass is 10.1. The first kappa shape index (κ1) is 20.4. The van der Waals surface area contributed by atoms with Gasteiger partial charge in [-0.15, -0.1) is 0 Å². The van der Waals surface area contributed by atoms with E-state index in [2.05, 4.69) is 29.5 Å². The average molecular weight is 339 g/mol. The Kier molecular flexibility index (Phi) is 10.0. The quantitative estimate of drug-likeness (QED) is 0.391. The van der Waals surface area contributed by atoms with Gasteiger partial charge in [-0.05, 0) is 30.0 Å². The highest BCUT2D eigenvalue weighted by atomic mass is 19.1. The molecule has 1 aromatic rings. The van der Waals surface area contributed by atoms with Crippen molar-refractivity contribution in [3.05, 3.63) is 35.6 Å². The highest BCUT2D eigenvalue weighted by molar-refractivity contribution is 5.79. The maximum Gasteiger partial charge on any atom is 0.191 e. The number of guanidine groups is 1. The molecule has 0 fully saturated rings. The van der Waals surface area contributed by atoms with Gasteiger partial charge in [0.05, 0.1) is 6.10 Å². The first-order valence-electron chi connectivity index (χ1n) is 8.37. The maximum absolute atomic E-state index is 13.0. The normalized spacial score (nSPS) is 13.2. The summed E-state index contributed by atoms with van der Waals surface area (Å²) in [4.78, 5) is 4.19. The third-order valence-electron chi connectivity index (χ3n) is 3.41. The molecular weight excluding hydrogens is 309 g/mol. The minimum atomic E-state index is -0.251. The molecule has 1 atom stereocenters. The molecule has 0 aliphatic heterocycles. The summed E-state index contributed by atoms with van der Waals surface area (Å²) >= 11 is 0. The number of hydrogen-bond donors (Lipinski definition) is 2. The Bertz CT molecular complexity index is 478. The Labute approximate surface area is 144 Å². The molecule has 0 aliphatic rings. The van der Waals surface area contributed by atoms with Crippen LogP contribution < -0.4 is 10.6 Å². The summed E-state index contributed by atoms with van der Waals surface area (Å²) < 4.78 is 24.0. The monoisotopic (exact) mass is 339 g/mol. The molecule has 0 heterocycles. The zero-order valence-electron chi connectivity index (χ0n) is 15.1. The summed E-state index contributed by atoms with van der Waals surface area (Å²) in [7, 11) is 3.36. The fourth-order valence-electron chi connectivity index (χ4n) is 2.12. The molecule has 5 nitrogen and oxygen atoms in total. The van der Waals surface area contributed by atoms with Crippen LogP contribution in [0, 0.1) is 11.7 Å². The van der Waals surface area contributed by atoms with Gasteiger partial charge in [-0.3, -0.25) is 4.99 Å². The zero-order chi connectivity index (χ0) is 17.8. The van der Waals surface area contributed by atoms with Crippen molar-refractivity contribution < 1.29 is 13.9 Å². The van der Waals surface area contributed by atoms with E-state index < -0.39 is 0 Å². The summed E-state index contributed by atoms with van der Waals surface area (Å²) in [6, 6.07) is 6.33. The number of hydrogen-bond acceptors (Lipinski definition) is 3. The van der Waals surface area contributed by atoms with Crippen LogP contribution in [0.4, 0.5) is 4.39 Å². The van der Waals surface area contributed by atoms with Gasteiger partial charge in [0.1, 0.15) is 5.82 Å². The molecule has 1 rings (SSSR count). The van der Waals surface area contributed by atoms with E-state index in [9.17, 15) is 4.39 Å². The second-order valence-electron chi connectivity index (χ2n) is 5.98. The first-order chi connectivity index (χ1) is 11.6. The number of benzene rings is 1. The summed E-state index contributed by atoms with van der Waals surface area (Å²) in [6.07, 6.45) is 0.748. The first-order valence-corrected chi connectivity index (χ1v) is 8.37. The molecule has 1 aromatic carbocycles. The molecule has 136 valence electrons. The number of rotatable bonds is 10. The lowest BCUT2D eigenvalue weighted by Gasteiger charge is -2.19. The zero-order valence-corrected chi connectivity index (χ0v) is 15.1. The van der Waals surface area contributed by atoms with Crippen LogP contribution in [0.1, 0.15) is 31.9 Å². The minimum Gasteiger partial charge on any atom is -0.381 e. The molecule has 2 N–H and O–H groups in total. The van der Waals surface area contributed by atoms with Crippen molar-refractivity contribution in [3.63, 3.8) is 0 Å². The Morgan fingerprint density at radius 1 is 1.21 bits per heavy atom. The van der Waals surface area contributed by atoms with Gasteiger partial charge < -0.3 is 20.1 Å². The molecule has 0 radical (unpaired) electrons.